The minimum Gasteiger partial charge on any atom is -0.497 e. The van der Waals surface area contributed by atoms with Crippen molar-refractivity contribution in [1.82, 2.24) is 29.7 Å². The van der Waals surface area contributed by atoms with E-state index < -0.39 is 23.7 Å². The Morgan fingerprint density at radius 3 is 2.38 bits per heavy atom. The van der Waals surface area contributed by atoms with Crippen LogP contribution in [0.3, 0.4) is 0 Å². The number of alkyl halides is 3. The first-order valence-corrected chi connectivity index (χ1v) is 9.80. The molecule has 2 N–H and O–H groups in total. The number of hydrogen-bond acceptors (Lipinski definition) is 6. The van der Waals surface area contributed by atoms with Crippen LogP contribution in [0.4, 0.5) is 18.9 Å². The lowest BCUT2D eigenvalue weighted by molar-refractivity contribution is -0.142. The molecule has 34 heavy (non-hydrogen) atoms. The van der Waals surface area contributed by atoms with Gasteiger partial charge in [-0.1, -0.05) is 0 Å². The molecule has 0 spiro atoms. The summed E-state index contributed by atoms with van der Waals surface area (Å²) in [5.74, 6) is -0.838. The summed E-state index contributed by atoms with van der Waals surface area (Å²) in [4.78, 5) is 29.0. The second-order valence-electron chi connectivity index (χ2n) is 7.15. The van der Waals surface area contributed by atoms with Gasteiger partial charge in [-0.3, -0.25) is 14.3 Å². The number of halogens is 3. The van der Waals surface area contributed by atoms with Crippen LogP contribution >= 0.6 is 0 Å². The first-order chi connectivity index (χ1) is 16.1. The number of rotatable bonds is 5. The van der Waals surface area contributed by atoms with Gasteiger partial charge in [0.15, 0.2) is 22.7 Å². The number of methoxy groups -OCH3 is 1. The van der Waals surface area contributed by atoms with Gasteiger partial charge in [0.2, 0.25) is 0 Å². The van der Waals surface area contributed by atoms with Crippen molar-refractivity contribution in [1.29, 1.82) is 0 Å². The van der Waals surface area contributed by atoms with Gasteiger partial charge in [0.1, 0.15) is 5.75 Å². The number of anilines is 1. The van der Waals surface area contributed by atoms with Crippen LogP contribution in [0.15, 0.2) is 42.6 Å². The Balaban J connectivity index is 1.75. The number of carbonyl (C=O) groups excluding carboxylic acids is 2. The van der Waals surface area contributed by atoms with Crippen LogP contribution in [-0.2, 0) is 13.2 Å². The first-order valence-electron chi connectivity index (χ1n) is 9.80. The summed E-state index contributed by atoms with van der Waals surface area (Å²) >= 11 is 0. The van der Waals surface area contributed by atoms with Crippen LogP contribution in [0.25, 0.3) is 16.9 Å². The minimum atomic E-state index is -4.77. The fourth-order valence-corrected chi connectivity index (χ4v) is 3.25. The van der Waals surface area contributed by atoms with Crippen LogP contribution < -0.4 is 15.4 Å². The van der Waals surface area contributed by atoms with Crippen LogP contribution in [0, 0.1) is 0 Å². The highest BCUT2D eigenvalue weighted by Gasteiger charge is 2.35. The molecule has 4 aromatic rings. The number of aromatic nitrogens is 5. The molecule has 176 valence electrons. The summed E-state index contributed by atoms with van der Waals surface area (Å²) in [5.41, 5.74) is -1.12. The van der Waals surface area contributed by atoms with E-state index in [2.05, 4.69) is 25.8 Å². The van der Waals surface area contributed by atoms with Crippen molar-refractivity contribution in [2.45, 2.75) is 6.18 Å². The third-order valence-electron chi connectivity index (χ3n) is 4.86. The van der Waals surface area contributed by atoms with E-state index in [0.717, 1.165) is 12.1 Å². The molecule has 10 nitrogen and oxygen atoms in total. The van der Waals surface area contributed by atoms with E-state index >= 15 is 0 Å². The highest BCUT2D eigenvalue weighted by molar-refractivity contribution is 6.07. The summed E-state index contributed by atoms with van der Waals surface area (Å²) in [6, 6.07) is 8.33. The molecule has 0 aliphatic rings. The van der Waals surface area contributed by atoms with Crippen molar-refractivity contribution in [3.8, 4) is 17.0 Å². The Morgan fingerprint density at radius 1 is 1.06 bits per heavy atom. The molecule has 0 unspecified atom stereocenters. The summed E-state index contributed by atoms with van der Waals surface area (Å²) in [6.07, 6.45) is -3.38. The molecule has 3 heterocycles. The number of carbonyl (C=O) groups is 2. The molecule has 1 aromatic carbocycles. The lowest BCUT2D eigenvalue weighted by Gasteiger charge is -2.11. The maximum atomic E-state index is 13.8. The number of fused-ring (bicyclic) bond motifs is 1. The van der Waals surface area contributed by atoms with Crippen molar-refractivity contribution in [2.75, 3.05) is 19.5 Å². The lowest BCUT2D eigenvalue weighted by atomic mass is 10.1. The topological polar surface area (TPSA) is 115 Å². The Bertz CT molecular complexity index is 1390. The molecule has 0 saturated carbocycles. The molecular weight excluding hydrogens is 455 g/mol. The SMILES string of the molecule is CNC(=O)c1nn(C)cc1NC(=O)c1cc2nc(-c3ccc(OC)cc3)cc(C(F)(F)F)n2n1. The fourth-order valence-electron chi connectivity index (χ4n) is 3.25. The smallest absolute Gasteiger partial charge is 0.433 e. The quantitative estimate of drug-likeness (QED) is 0.461. The highest BCUT2D eigenvalue weighted by atomic mass is 19.4. The average Bonchev–Trinajstić information content (AvgIpc) is 3.40. The average molecular weight is 473 g/mol. The van der Waals surface area contributed by atoms with Gasteiger partial charge in [0.05, 0.1) is 18.5 Å². The molecule has 2 amide bonds. The molecule has 0 bridgehead atoms. The van der Waals surface area contributed by atoms with Gasteiger partial charge >= 0.3 is 6.18 Å². The van der Waals surface area contributed by atoms with E-state index in [0.29, 0.717) is 15.8 Å². The van der Waals surface area contributed by atoms with Crippen molar-refractivity contribution in [3.63, 3.8) is 0 Å². The number of hydrogen-bond donors (Lipinski definition) is 2. The molecule has 0 saturated heterocycles. The Morgan fingerprint density at radius 2 is 1.76 bits per heavy atom. The number of ether oxygens (including phenoxy) is 1. The first kappa shape index (κ1) is 22.8. The van der Waals surface area contributed by atoms with Crippen molar-refractivity contribution < 1.29 is 27.5 Å². The molecule has 13 heteroatoms. The second-order valence-corrected chi connectivity index (χ2v) is 7.15. The molecular formula is C21H18F3N7O3. The zero-order valence-corrected chi connectivity index (χ0v) is 18.1. The Hall–Kier alpha value is -4.42. The fraction of sp³-hybridized carbons (Fsp3) is 0.190. The molecule has 0 fully saturated rings. The predicted octanol–water partition coefficient (Wildman–Crippen LogP) is 2.77. The van der Waals surface area contributed by atoms with Gasteiger partial charge < -0.3 is 15.4 Å². The maximum absolute atomic E-state index is 13.8. The van der Waals surface area contributed by atoms with Crippen LogP contribution in [0.5, 0.6) is 5.75 Å². The number of benzene rings is 1. The third kappa shape index (κ3) is 4.27. The summed E-state index contributed by atoms with van der Waals surface area (Å²) in [5, 5.41) is 12.6. The van der Waals surface area contributed by atoms with E-state index in [1.54, 1.807) is 31.3 Å². The van der Waals surface area contributed by atoms with Crippen molar-refractivity contribution in [2.24, 2.45) is 7.05 Å². The zero-order valence-electron chi connectivity index (χ0n) is 18.1. The number of nitrogens with one attached hydrogen (secondary N) is 2. The van der Waals surface area contributed by atoms with Gasteiger partial charge in [0, 0.05) is 31.9 Å². The van der Waals surface area contributed by atoms with E-state index in [1.807, 2.05) is 0 Å². The van der Waals surface area contributed by atoms with Crippen LogP contribution in [-0.4, -0.2) is 50.4 Å². The van der Waals surface area contributed by atoms with Gasteiger partial charge in [-0.25, -0.2) is 9.50 Å². The monoisotopic (exact) mass is 473 g/mol. The van der Waals surface area contributed by atoms with Crippen molar-refractivity contribution in [3.05, 3.63) is 59.7 Å². The van der Waals surface area contributed by atoms with Crippen LogP contribution in [0.2, 0.25) is 0 Å². The van der Waals surface area contributed by atoms with Gasteiger partial charge in [0.25, 0.3) is 11.8 Å². The normalized spacial score (nSPS) is 11.5. The van der Waals surface area contributed by atoms with Crippen LogP contribution in [0.1, 0.15) is 26.7 Å². The number of aryl methyl sites for hydroxylation is 1. The predicted molar refractivity (Wildman–Crippen MR) is 115 cm³/mol. The third-order valence-corrected chi connectivity index (χ3v) is 4.86. The standard InChI is InChI=1S/C21H18F3N7O3/c1-25-20(33)18-15(10-30(2)29-18)27-19(32)14-9-17-26-13(11-4-6-12(34-3)7-5-11)8-16(21(22,23)24)31(17)28-14/h4-10H,1-3H3,(H,25,33)(H,27,32). The summed E-state index contributed by atoms with van der Waals surface area (Å²) < 4.78 is 48.4. The summed E-state index contributed by atoms with van der Waals surface area (Å²) in [7, 11) is 4.42. The second kappa shape index (κ2) is 8.50. The molecule has 0 aliphatic heterocycles. The molecule has 4 rings (SSSR count). The highest BCUT2D eigenvalue weighted by Crippen LogP contribution is 2.32. The van der Waals surface area contributed by atoms with E-state index in [1.165, 1.54) is 25.0 Å². The van der Waals surface area contributed by atoms with Gasteiger partial charge in [-0.2, -0.15) is 23.4 Å². The molecule has 0 aliphatic carbocycles. The Kier molecular flexibility index (Phi) is 5.69. The van der Waals surface area contributed by atoms with E-state index in [-0.39, 0.29) is 28.4 Å². The zero-order chi connectivity index (χ0) is 24.6. The number of nitrogens with zero attached hydrogens (tertiary/aromatic N) is 5. The largest absolute Gasteiger partial charge is 0.497 e. The molecule has 3 aromatic heterocycles. The summed E-state index contributed by atoms with van der Waals surface area (Å²) in [6.45, 7) is 0. The maximum Gasteiger partial charge on any atom is 0.433 e. The van der Waals surface area contributed by atoms with E-state index in [9.17, 15) is 22.8 Å². The van der Waals surface area contributed by atoms with Gasteiger partial charge in [-0.15, -0.1) is 0 Å². The van der Waals surface area contributed by atoms with E-state index in [4.69, 9.17) is 4.74 Å². The van der Waals surface area contributed by atoms with Gasteiger partial charge in [-0.05, 0) is 30.3 Å². The minimum absolute atomic E-state index is 0.0449. The number of amides is 2. The molecule has 0 atom stereocenters. The lowest BCUT2D eigenvalue weighted by Crippen LogP contribution is -2.21. The Labute approximate surface area is 190 Å². The van der Waals surface area contributed by atoms with Crippen molar-refractivity contribution >= 4 is 23.1 Å². The molecule has 0 radical (unpaired) electrons.